The molecule has 2 aromatic carbocycles. The van der Waals surface area contributed by atoms with Crippen molar-refractivity contribution in [3.8, 4) is 0 Å². The number of halogens is 2. The molecule has 222 valence electrons. The number of carbonyl (C=O) groups excluding carboxylic acids is 2. The maximum Gasteiger partial charge on any atom is 0.253 e. The van der Waals surface area contributed by atoms with Gasteiger partial charge in [0.25, 0.3) is 11.8 Å². The maximum atomic E-state index is 13.9. The van der Waals surface area contributed by atoms with Crippen LogP contribution in [0.1, 0.15) is 65.5 Å². The highest BCUT2D eigenvalue weighted by atomic mass is 32.2. The normalized spacial score (nSPS) is 13.9. The van der Waals surface area contributed by atoms with Gasteiger partial charge >= 0.3 is 0 Å². The molecule has 12 heteroatoms. The first-order chi connectivity index (χ1) is 18.7. The third kappa shape index (κ3) is 10.6. The van der Waals surface area contributed by atoms with Crippen molar-refractivity contribution < 1.29 is 31.9 Å². The van der Waals surface area contributed by atoms with Crippen molar-refractivity contribution >= 4 is 21.8 Å². The fraction of sp³-hybridized carbons (Fsp3) is 0.500. The molecule has 0 radical (unpaired) electrons. The highest BCUT2D eigenvalue weighted by Gasteiger charge is 2.28. The van der Waals surface area contributed by atoms with Crippen molar-refractivity contribution in [2.75, 3.05) is 25.4 Å². The van der Waals surface area contributed by atoms with Crippen molar-refractivity contribution in [1.29, 1.82) is 0 Å². The Balaban J connectivity index is 2.34. The van der Waals surface area contributed by atoms with Crippen LogP contribution in [-0.2, 0) is 16.4 Å². The fourth-order valence-corrected chi connectivity index (χ4v) is 4.87. The van der Waals surface area contributed by atoms with Gasteiger partial charge in [0.1, 0.15) is 11.6 Å². The molecule has 40 heavy (non-hydrogen) atoms. The molecule has 0 saturated heterocycles. The molecule has 3 atom stereocenters. The summed E-state index contributed by atoms with van der Waals surface area (Å²) in [5, 5.41) is 21.7. The fourth-order valence-electron chi connectivity index (χ4n) is 4.46. The predicted octanol–water partition coefficient (Wildman–Crippen LogP) is 2.50. The SMILES string of the molecule is CCCN(CCC)C(=O)c1cc(C)cc(C(=O)N[C@H](Cc2cc(F)cc(F)c2)[C@@H](O)C(C)NCCS(N)(=O)=O)c1. The van der Waals surface area contributed by atoms with Crippen molar-refractivity contribution in [2.45, 2.75) is 65.1 Å². The maximum absolute atomic E-state index is 13.9. The number of hydrogen-bond donors (Lipinski definition) is 4. The Morgan fingerprint density at radius 3 is 2.12 bits per heavy atom. The third-order valence-corrected chi connectivity index (χ3v) is 7.11. The molecule has 0 spiro atoms. The van der Waals surface area contributed by atoms with E-state index in [2.05, 4.69) is 10.6 Å². The molecule has 0 fully saturated rings. The van der Waals surface area contributed by atoms with E-state index in [1.807, 2.05) is 13.8 Å². The number of nitrogens with one attached hydrogen (secondary N) is 2. The average Bonchev–Trinajstić information content (AvgIpc) is 2.85. The molecule has 1 unspecified atom stereocenters. The Kier molecular flexibility index (Phi) is 12.6. The standard InChI is InChI=1S/C28H40F2N4O5S/c1-5-8-34(9-6-2)28(37)22-12-18(3)11-21(16-22)27(36)33-25(15-20-13-23(29)17-24(30)14-20)26(35)19(4)32-7-10-40(31,38)39/h11-14,16-17,19,25-26,32,35H,5-10,15H2,1-4H3,(H,33,36)(H2,31,38,39)/t19?,25-,26+/m1/s1. The topological polar surface area (TPSA) is 142 Å². The minimum Gasteiger partial charge on any atom is -0.389 e. The minimum atomic E-state index is -3.74. The molecular formula is C28H40F2N4O5S. The number of aryl methyl sites for hydroxylation is 1. The van der Waals surface area contributed by atoms with Crippen molar-refractivity contribution in [3.05, 3.63) is 70.3 Å². The zero-order valence-corrected chi connectivity index (χ0v) is 24.2. The number of carbonyl (C=O) groups is 2. The van der Waals surface area contributed by atoms with Gasteiger partial charge in [-0.05, 0) is 74.6 Å². The number of nitrogens with zero attached hydrogens (tertiary/aromatic N) is 1. The van der Waals surface area contributed by atoms with E-state index < -0.39 is 45.8 Å². The molecule has 0 aliphatic heterocycles. The lowest BCUT2D eigenvalue weighted by molar-refractivity contribution is 0.0738. The number of benzene rings is 2. The van der Waals surface area contributed by atoms with E-state index in [0.29, 0.717) is 24.2 Å². The molecule has 0 bridgehead atoms. The summed E-state index contributed by atoms with van der Waals surface area (Å²) in [5.74, 6) is -2.77. The Morgan fingerprint density at radius 1 is 1.00 bits per heavy atom. The summed E-state index contributed by atoms with van der Waals surface area (Å²) in [4.78, 5) is 28.3. The van der Waals surface area contributed by atoms with Gasteiger partial charge in [-0.3, -0.25) is 9.59 Å². The Labute approximate surface area is 235 Å². The highest BCUT2D eigenvalue weighted by molar-refractivity contribution is 7.89. The van der Waals surface area contributed by atoms with Crippen LogP contribution in [0.3, 0.4) is 0 Å². The van der Waals surface area contributed by atoms with Crippen LogP contribution in [-0.4, -0.2) is 73.8 Å². The number of sulfonamides is 1. The Morgan fingerprint density at radius 2 is 1.57 bits per heavy atom. The lowest BCUT2D eigenvalue weighted by Crippen LogP contribution is -2.53. The summed E-state index contributed by atoms with van der Waals surface area (Å²) in [6.07, 6.45) is 0.163. The van der Waals surface area contributed by atoms with Crippen molar-refractivity contribution in [1.82, 2.24) is 15.5 Å². The molecule has 2 aromatic rings. The molecule has 0 aliphatic carbocycles. The first-order valence-electron chi connectivity index (χ1n) is 13.3. The van der Waals surface area contributed by atoms with E-state index in [1.165, 1.54) is 6.07 Å². The van der Waals surface area contributed by atoms with Gasteiger partial charge in [0, 0.05) is 42.9 Å². The molecular weight excluding hydrogens is 542 g/mol. The van der Waals surface area contributed by atoms with Gasteiger partial charge in [-0.25, -0.2) is 22.3 Å². The predicted molar refractivity (Wildman–Crippen MR) is 150 cm³/mol. The Hall–Kier alpha value is -2.93. The van der Waals surface area contributed by atoms with E-state index in [0.717, 1.165) is 31.0 Å². The van der Waals surface area contributed by atoms with E-state index in [1.54, 1.807) is 30.9 Å². The molecule has 5 N–H and O–H groups in total. The van der Waals surface area contributed by atoms with Gasteiger partial charge in [0.2, 0.25) is 10.0 Å². The van der Waals surface area contributed by atoms with Gasteiger partial charge in [0.15, 0.2) is 0 Å². The quantitative estimate of drug-likeness (QED) is 0.254. The number of aliphatic hydroxyl groups is 1. The molecule has 0 heterocycles. The summed E-state index contributed by atoms with van der Waals surface area (Å²) in [6.45, 7) is 8.41. The lowest BCUT2D eigenvalue weighted by atomic mass is 9.96. The van der Waals surface area contributed by atoms with Gasteiger partial charge in [-0.1, -0.05) is 13.8 Å². The second-order valence-electron chi connectivity index (χ2n) is 10.0. The zero-order chi connectivity index (χ0) is 30.0. The summed E-state index contributed by atoms with van der Waals surface area (Å²) < 4.78 is 50.3. The summed E-state index contributed by atoms with van der Waals surface area (Å²) in [5.41, 5.74) is 1.43. The zero-order valence-electron chi connectivity index (χ0n) is 23.4. The number of nitrogens with two attached hydrogens (primary N) is 1. The first-order valence-corrected chi connectivity index (χ1v) is 15.0. The largest absolute Gasteiger partial charge is 0.389 e. The van der Waals surface area contributed by atoms with Crippen LogP contribution in [0.25, 0.3) is 0 Å². The van der Waals surface area contributed by atoms with Crippen LogP contribution in [0, 0.1) is 18.6 Å². The smallest absolute Gasteiger partial charge is 0.253 e. The van der Waals surface area contributed by atoms with Gasteiger partial charge < -0.3 is 20.6 Å². The Bertz CT molecular complexity index is 1250. The monoisotopic (exact) mass is 582 g/mol. The van der Waals surface area contributed by atoms with E-state index >= 15 is 0 Å². The number of primary sulfonamides is 1. The van der Waals surface area contributed by atoms with Gasteiger partial charge in [-0.15, -0.1) is 0 Å². The summed E-state index contributed by atoms with van der Waals surface area (Å²) >= 11 is 0. The van der Waals surface area contributed by atoms with Crippen LogP contribution < -0.4 is 15.8 Å². The van der Waals surface area contributed by atoms with E-state index in [9.17, 15) is 31.9 Å². The second kappa shape index (κ2) is 15.2. The summed E-state index contributed by atoms with van der Waals surface area (Å²) in [7, 11) is -3.74. The molecule has 2 rings (SSSR count). The minimum absolute atomic E-state index is 0.0539. The van der Waals surface area contributed by atoms with Gasteiger partial charge in [0.05, 0.1) is 17.9 Å². The molecule has 9 nitrogen and oxygen atoms in total. The lowest BCUT2D eigenvalue weighted by Gasteiger charge is -2.29. The number of rotatable bonds is 15. The van der Waals surface area contributed by atoms with Crippen LogP contribution >= 0.6 is 0 Å². The molecule has 0 aliphatic rings. The van der Waals surface area contributed by atoms with Crippen LogP contribution in [0.5, 0.6) is 0 Å². The first kappa shape index (κ1) is 33.3. The number of hydrogen-bond acceptors (Lipinski definition) is 6. The van der Waals surface area contributed by atoms with E-state index in [-0.39, 0.29) is 35.8 Å². The molecule has 2 amide bonds. The summed E-state index contributed by atoms with van der Waals surface area (Å²) in [6, 6.07) is 5.98. The molecule has 0 saturated carbocycles. The van der Waals surface area contributed by atoms with Gasteiger partial charge in [-0.2, -0.15) is 0 Å². The average molecular weight is 583 g/mol. The van der Waals surface area contributed by atoms with Crippen LogP contribution in [0.15, 0.2) is 36.4 Å². The highest BCUT2D eigenvalue weighted by Crippen LogP contribution is 2.17. The second-order valence-corrected chi connectivity index (χ2v) is 11.8. The molecule has 0 aromatic heterocycles. The third-order valence-electron chi connectivity index (χ3n) is 6.33. The van der Waals surface area contributed by atoms with Crippen molar-refractivity contribution in [2.24, 2.45) is 5.14 Å². The number of aliphatic hydroxyl groups excluding tert-OH is 1. The van der Waals surface area contributed by atoms with E-state index in [4.69, 9.17) is 5.14 Å². The number of amides is 2. The van der Waals surface area contributed by atoms with Crippen LogP contribution in [0.2, 0.25) is 0 Å². The van der Waals surface area contributed by atoms with Crippen LogP contribution in [0.4, 0.5) is 8.78 Å². The van der Waals surface area contributed by atoms with Crippen molar-refractivity contribution in [3.63, 3.8) is 0 Å².